The van der Waals surface area contributed by atoms with Crippen LogP contribution in [0.5, 0.6) is 0 Å². The summed E-state index contributed by atoms with van der Waals surface area (Å²) >= 11 is 3.77. The fourth-order valence-electron chi connectivity index (χ4n) is 8.71. The maximum absolute atomic E-state index is 15.3. The lowest BCUT2D eigenvalue weighted by Gasteiger charge is -2.41. The Labute approximate surface area is 327 Å². The van der Waals surface area contributed by atoms with Gasteiger partial charge in [-0.25, -0.2) is 0 Å². The van der Waals surface area contributed by atoms with Gasteiger partial charge in [-0.2, -0.15) is 0 Å². The lowest BCUT2D eigenvalue weighted by atomic mass is 9.70. The van der Waals surface area contributed by atoms with E-state index in [2.05, 4.69) is 34.4 Å². The van der Waals surface area contributed by atoms with Crippen LogP contribution in [0.4, 0.5) is 5.69 Å². The molecular weight excluding hydrogens is 754 g/mol. The first kappa shape index (κ1) is 41.3. The van der Waals surface area contributed by atoms with Gasteiger partial charge in [0.2, 0.25) is 11.8 Å². The number of nitrogens with zero attached hydrogens (tertiary/aromatic N) is 2. The van der Waals surface area contributed by atoms with Crippen LogP contribution in [0.3, 0.4) is 0 Å². The molecule has 2 N–H and O–H groups in total. The number of aliphatic hydroxyl groups excluding tert-OH is 1. The van der Waals surface area contributed by atoms with E-state index in [9.17, 15) is 14.7 Å². The average Bonchev–Trinajstić information content (AvgIpc) is 3.75. The number of carbonyl (C=O) groups excluding carboxylic acids is 4. The number of hydrogen-bond acceptors (Lipinski definition) is 8. The number of aliphatic hydroxyl groups is 1. The van der Waals surface area contributed by atoms with Crippen LogP contribution in [0, 0.1) is 31.6 Å². The summed E-state index contributed by atoms with van der Waals surface area (Å²) in [4.78, 5) is 60.8. The summed E-state index contributed by atoms with van der Waals surface area (Å²) in [5.74, 6) is -4.09. The Morgan fingerprint density at radius 2 is 1.81 bits per heavy atom. The Hall–Kier alpha value is -3.84. The minimum Gasteiger partial charge on any atom is -0.455 e. The molecule has 2 aromatic rings. The van der Waals surface area contributed by atoms with Crippen LogP contribution in [-0.2, 0) is 33.4 Å². The second-order valence-corrected chi connectivity index (χ2v) is 15.9. The zero-order valence-corrected chi connectivity index (χ0v) is 33.5. The summed E-state index contributed by atoms with van der Waals surface area (Å²) in [5, 5.41) is 13.8. The van der Waals surface area contributed by atoms with Gasteiger partial charge in [0.1, 0.15) is 17.7 Å². The molecule has 3 saturated heterocycles. The molecule has 12 heteroatoms. The molecule has 3 amide bonds. The van der Waals surface area contributed by atoms with E-state index in [4.69, 9.17) is 14.2 Å². The monoisotopic (exact) mass is 807 g/mol. The number of allylic oxidation sites excluding steroid dienone is 1. The topological polar surface area (TPSA) is 135 Å². The molecule has 0 aliphatic carbocycles. The molecule has 0 aromatic heterocycles. The number of carbonyl (C=O) groups is 4. The molecule has 5 rings (SSSR count). The number of alkyl halides is 1. The predicted octanol–water partition coefficient (Wildman–Crippen LogP) is 5.36. The van der Waals surface area contributed by atoms with Crippen molar-refractivity contribution >= 4 is 45.3 Å². The third kappa shape index (κ3) is 7.67. The molecule has 0 radical (unpaired) electrons. The van der Waals surface area contributed by atoms with Gasteiger partial charge in [-0.05, 0) is 49.3 Å². The Balaban J connectivity index is 1.60. The van der Waals surface area contributed by atoms with Gasteiger partial charge in [0.05, 0.1) is 43.2 Å². The van der Waals surface area contributed by atoms with Crippen molar-refractivity contribution in [1.29, 1.82) is 0 Å². The van der Waals surface area contributed by atoms with E-state index < -0.39 is 59.6 Å². The van der Waals surface area contributed by atoms with Gasteiger partial charge in [-0.15, -0.1) is 13.2 Å². The Morgan fingerprint density at radius 3 is 2.41 bits per heavy atom. The maximum Gasteiger partial charge on any atom is 0.313 e. The van der Waals surface area contributed by atoms with Gasteiger partial charge in [0, 0.05) is 30.6 Å². The van der Waals surface area contributed by atoms with Crippen LogP contribution in [0.15, 0.2) is 73.8 Å². The summed E-state index contributed by atoms with van der Waals surface area (Å²) in [6.07, 6.45) is 3.13. The zero-order chi connectivity index (χ0) is 39.3. The first-order valence-electron chi connectivity index (χ1n) is 18.8. The highest BCUT2D eigenvalue weighted by Crippen LogP contribution is 2.61. The van der Waals surface area contributed by atoms with Crippen molar-refractivity contribution in [3.63, 3.8) is 0 Å². The molecule has 10 atom stereocenters. The Bertz CT molecular complexity index is 1690. The van der Waals surface area contributed by atoms with Crippen LogP contribution in [-0.4, -0.2) is 95.2 Å². The van der Waals surface area contributed by atoms with Crippen molar-refractivity contribution in [1.82, 2.24) is 10.2 Å². The zero-order valence-electron chi connectivity index (χ0n) is 31.9. The molecule has 3 heterocycles. The number of hydrogen-bond donors (Lipinski definition) is 2. The van der Waals surface area contributed by atoms with Crippen molar-refractivity contribution in [2.24, 2.45) is 17.8 Å². The highest BCUT2D eigenvalue weighted by atomic mass is 79.9. The van der Waals surface area contributed by atoms with Gasteiger partial charge in [-0.3, -0.25) is 19.2 Å². The second kappa shape index (κ2) is 17.7. The van der Waals surface area contributed by atoms with Gasteiger partial charge in [0.15, 0.2) is 0 Å². The highest BCUT2D eigenvalue weighted by molar-refractivity contribution is 9.09. The number of esters is 1. The van der Waals surface area contributed by atoms with Gasteiger partial charge in [0.25, 0.3) is 5.91 Å². The molecule has 1 spiro atoms. The number of amides is 3. The van der Waals surface area contributed by atoms with Crippen molar-refractivity contribution < 1.29 is 38.5 Å². The number of ether oxygens (including phenoxy) is 3. The third-order valence-electron chi connectivity index (χ3n) is 11.4. The molecule has 0 saturated carbocycles. The smallest absolute Gasteiger partial charge is 0.313 e. The SMILES string of the molecule is C=CCCC(=O)N[C@@H](COC)[C@@H](OC(=O)[C@H]1[C@@H]2O[C@@]3(CC2Br)[C@@H]1C(=O)N([C@@H](CO)[C@@H](C)CC)[C@@H]3C(=O)N(CC=C)c1c(C)cccc1C)c1ccccc1. The van der Waals surface area contributed by atoms with Gasteiger partial charge >= 0.3 is 5.97 Å². The minimum atomic E-state index is -1.40. The number of fused-ring (bicyclic) bond motifs is 1. The molecule has 3 aliphatic heterocycles. The number of anilines is 1. The number of rotatable bonds is 18. The van der Waals surface area contributed by atoms with E-state index in [1.165, 1.54) is 12.0 Å². The van der Waals surface area contributed by atoms with E-state index >= 15 is 9.59 Å². The Morgan fingerprint density at radius 1 is 1.13 bits per heavy atom. The van der Waals surface area contributed by atoms with Crippen LogP contribution >= 0.6 is 15.9 Å². The number of halogens is 1. The molecule has 1 unspecified atom stereocenters. The number of nitrogens with one attached hydrogen (secondary N) is 1. The second-order valence-electron chi connectivity index (χ2n) is 14.7. The lowest BCUT2D eigenvalue weighted by molar-refractivity contribution is -0.163. The number of aryl methyl sites for hydroxylation is 2. The normalized spacial score (nSPS) is 26.4. The van der Waals surface area contributed by atoms with Crippen molar-refractivity contribution in [3.05, 3.63) is 90.5 Å². The van der Waals surface area contributed by atoms with Crippen molar-refractivity contribution in [3.8, 4) is 0 Å². The summed E-state index contributed by atoms with van der Waals surface area (Å²) in [7, 11) is 1.50. The number of benzene rings is 2. The quantitative estimate of drug-likeness (QED) is 0.117. The molecule has 11 nitrogen and oxygen atoms in total. The van der Waals surface area contributed by atoms with Crippen LogP contribution < -0.4 is 10.2 Å². The van der Waals surface area contributed by atoms with Gasteiger partial charge in [-0.1, -0.05) is 96.9 Å². The van der Waals surface area contributed by atoms with E-state index in [0.717, 1.165) is 11.1 Å². The van der Waals surface area contributed by atoms with E-state index in [-0.39, 0.29) is 55.2 Å². The van der Waals surface area contributed by atoms with Crippen LogP contribution in [0.2, 0.25) is 0 Å². The highest BCUT2D eigenvalue weighted by Gasteiger charge is 2.78. The Kier molecular flexibility index (Phi) is 13.6. The van der Waals surface area contributed by atoms with E-state index in [1.807, 2.05) is 64.1 Å². The first-order valence-corrected chi connectivity index (χ1v) is 19.7. The van der Waals surface area contributed by atoms with E-state index in [1.54, 1.807) is 29.2 Å². The molecule has 292 valence electrons. The van der Waals surface area contributed by atoms with Gasteiger partial charge < -0.3 is 34.4 Å². The summed E-state index contributed by atoms with van der Waals surface area (Å²) in [6.45, 7) is 15.2. The molecule has 2 bridgehead atoms. The molecule has 2 aromatic carbocycles. The predicted molar refractivity (Wildman–Crippen MR) is 210 cm³/mol. The summed E-state index contributed by atoms with van der Waals surface area (Å²) in [5.41, 5.74) is 1.69. The average molecular weight is 809 g/mol. The minimum absolute atomic E-state index is 0.0412. The van der Waals surface area contributed by atoms with Crippen molar-refractivity contribution in [2.75, 3.05) is 31.8 Å². The fraction of sp³-hybridized carbons (Fsp3) is 0.524. The fourth-order valence-corrected chi connectivity index (χ4v) is 9.66. The number of para-hydroxylation sites is 1. The molecular formula is C42H54BrN3O8. The standard InChI is InChI=1S/C42H54BrN3O8/c1-8-11-20-32(48)44-30(24-52-7)36(28-18-13-12-14-19-28)53-41(51)33-34-39(49)46(31(23-47)25(4)10-3)38(42(34)22-29(43)37(33)54-42)40(50)45(21-9-2)35-26(5)16-15-17-27(35)6/h8-9,12-19,25,29-31,33-34,36-38,47H,1-2,10-11,20-24H2,3-7H3,(H,44,48)/t25-,29?,30-,31-,33+,34-,36-,37+,38+,42-/m0/s1. The number of likely N-dealkylation sites (tertiary alicyclic amines) is 1. The van der Waals surface area contributed by atoms with Crippen LogP contribution in [0.25, 0.3) is 0 Å². The summed E-state index contributed by atoms with van der Waals surface area (Å²) in [6, 6.07) is 12.2. The molecule has 3 fully saturated rings. The third-order valence-corrected chi connectivity index (χ3v) is 12.2. The molecule has 3 aliphatic rings. The lowest BCUT2D eigenvalue weighted by Crippen LogP contribution is -2.60. The summed E-state index contributed by atoms with van der Waals surface area (Å²) < 4.78 is 18.7. The van der Waals surface area contributed by atoms with E-state index in [0.29, 0.717) is 24.1 Å². The number of methoxy groups -OCH3 is 1. The largest absolute Gasteiger partial charge is 0.455 e. The van der Waals surface area contributed by atoms with Crippen molar-refractivity contribution in [2.45, 2.75) is 94.1 Å². The van der Waals surface area contributed by atoms with Crippen LogP contribution in [0.1, 0.15) is 62.3 Å². The first-order chi connectivity index (χ1) is 25.9. The molecule has 54 heavy (non-hydrogen) atoms. The maximum atomic E-state index is 15.3.